The molecule has 0 radical (unpaired) electrons. The molecule has 2 aromatic carbocycles. The number of phenolic OH excluding ortho intramolecular Hbond substituents is 5. The van der Waals surface area contributed by atoms with Gasteiger partial charge in [0.2, 0.25) is 0 Å². The summed E-state index contributed by atoms with van der Waals surface area (Å²) in [6.07, 6.45) is -6.74. The predicted octanol–water partition coefficient (Wildman–Crippen LogP) is -0.436. The molecule has 6 unspecified atom stereocenters. The maximum atomic E-state index is 13.6. The summed E-state index contributed by atoms with van der Waals surface area (Å²) in [5.41, 5.74) is 5.41. The molecule has 0 amide bonds. The van der Waals surface area contributed by atoms with Crippen LogP contribution < -0.4 is 10.5 Å². The summed E-state index contributed by atoms with van der Waals surface area (Å²) in [5.74, 6) is -4.36. The van der Waals surface area contributed by atoms with Gasteiger partial charge in [0, 0.05) is 36.2 Å². The van der Waals surface area contributed by atoms with Crippen molar-refractivity contribution in [3.05, 3.63) is 58.9 Å². The number of hydrogen-bond donors (Lipinski definition) is 9. The zero-order valence-electron chi connectivity index (χ0n) is 31.5. The Labute approximate surface area is 332 Å². The molecule has 320 valence electrons. The van der Waals surface area contributed by atoms with Gasteiger partial charge in [0.1, 0.15) is 41.3 Å². The molecule has 5 rings (SSSR count). The van der Waals surface area contributed by atoms with Crippen molar-refractivity contribution in [2.45, 2.75) is 56.2 Å². The number of aromatic nitrogens is 3. The van der Waals surface area contributed by atoms with E-state index in [1.807, 2.05) is 0 Å². The first-order valence-corrected chi connectivity index (χ1v) is 18.5. The Morgan fingerprint density at radius 2 is 1.41 bits per heavy atom. The fourth-order valence-electron chi connectivity index (χ4n) is 6.07. The summed E-state index contributed by atoms with van der Waals surface area (Å²) in [6, 6.07) is 4.28. The van der Waals surface area contributed by atoms with Gasteiger partial charge in [-0.05, 0) is 18.2 Å². The molecule has 0 spiro atoms. The summed E-state index contributed by atoms with van der Waals surface area (Å²) < 4.78 is 46.9. The number of carbonyl (C=O) groups excluding carboxylic acids is 1. The molecule has 10 N–H and O–H groups in total. The molecule has 3 aromatic rings. The second kappa shape index (κ2) is 21.8. The molecule has 0 saturated heterocycles. The maximum Gasteiger partial charge on any atom is 0.334 e. The van der Waals surface area contributed by atoms with Crippen molar-refractivity contribution in [1.82, 2.24) is 15.0 Å². The zero-order chi connectivity index (χ0) is 41.6. The van der Waals surface area contributed by atoms with Crippen molar-refractivity contribution >= 4 is 5.97 Å². The highest BCUT2D eigenvalue weighted by atomic mass is 16.6. The number of aliphatic hydroxyl groups excluding tert-OH is 3. The van der Waals surface area contributed by atoms with Crippen LogP contribution in [0.1, 0.15) is 35.4 Å². The molecule has 1 aliphatic carbocycles. The summed E-state index contributed by atoms with van der Waals surface area (Å²) in [5, 5.41) is 90.6. The van der Waals surface area contributed by atoms with Crippen molar-refractivity contribution in [3.63, 3.8) is 0 Å². The predicted molar refractivity (Wildman–Crippen MR) is 196 cm³/mol. The molecule has 0 saturated carbocycles. The summed E-state index contributed by atoms with van der Waals surface area (Å²) in [4.78, 5) is 13.6. The van der Waals surface area contributed by atoms with Crippen LogP contribution >= 0.6 is 0 Å². The molecular weight excluding hydrogens is 772 g/mol. The van der Waals surface area contributed by atoms with Crippen LogP contribution in [0.5, 0.6) is 34.5 Å². The number of benzene rings is 2. The number of nitrogens with zero attached hydrogens (tertiary/aromatic N) is 3. The summed E-state index contributed by atoms with van der Waals surface area (Å²) >= 11 is 0. The molecule has 58 heavy (non-hydrogen) atoms. The lowest BCUT2D eigenvalue weighted by Gasteiger charge is -2.39. The van der Waals surface area contributed by atoms with Crippen LogP contribution in [0.3, 0.4) is 0 Å². The van der Waals surface area contributed by atoms with Crippen LogP contribution in [-0.2, 0) is 51.1 Å². The van der Waals surface area contributed by atoms with Gasteiger partial charge in [-0.3, -0.25) is 0 Å². The van der Waals surface area contributed by atoms with E-state index in [4.69, 9.17) is 43.6 Å². The Bertz CT molecular complexity index is 1790. The van der Waals surface area contributed by atoms with Crippen LogP contribution in [-0.4, -0.2) is 159 Å². The number of aromatic hydroxyl groups is 5. The SMILES string of the molecule is NCCOCCOCCOCCOCCOCCn1cc(COC2c3c(O)cc(O)cc3OC(c3cc(O)c(O)c(O)c3)C2OC(=O)C2=CC(O)C(O)C(O)C2)nn1. The summed E-state index contributed by atoms with van der Waals surface area (Å²) in [7, 11) is 0. The third kappa shape index (κ3) is 12.1. The molecule has 21 heteroatoms. The number of rotatable bonds is 23. The van der Waals surface area contributed by atoms with Crippen LogP contribution in [0.25, 0.3) is 0 Å². The molecule has 1 aromatic heterocycles. The van der Waals surface area contributed by atoms with E-state index in [1.165, 1.54) is 10.7 Å². The Morgan fingerprint density at radius 3 is 2.02 bits per heavy atom. The Hall–Kier alpha value is -4.81. The molecule has 2 aliphatic rings. The second-order valence-corrected chi connectivity index (χ2v) is 13.2. The normalized spacial score (nSPS) is 21.6. The van der Waals surface area contributed by atoms with Gasteiger partial charge in [-0.2, -0.15) is 0 Å². The van der Waals surface area contributed by atoms with E-state index in [-0.39, 0.29) is 42.1 Å². The molecule has 6 atom stereocenters. The van der Waals surface area contributed by atoms with Crippen molar-refractivity contribution < 1.29 is 83.5 Å². The smallest absolute Gasteiger partial charge is 0.334 e. The lowest BCUT2D eigenvalue weighted by atomic mass is 9.90. The van der Waals surface area contributed by atoms with E-state index in [0.717, 1.165) is 24.3 Å². The fourth-order valence-corrected chi connectivity index (χ4v) is 6.07. The highest BCUT2D eigenvalue weighted by Crippen LogP contribution is 2.51. The van der Waals surface area contributed by atoms with E-state index < -0.39 is 71.3 Å². The molecule has 2 heterocycles. The first-order valence-electron chi connectivity index (χ1n) is 18.5. The van der Waals surface area contributed by atoms with Crippen molar-refractivity contribution in [2.75, 3.05) is 72.6 Å². The minimum atomic E-state index is -1.59. The second-order valence-electron chi connectivity index (χ2n) is 13.2. The summed E-state index contributed by atoms with van der Waals surface area (Å²) in [6.45, 7) is 4.63. The van der Waals surface area contributed by atoms with Crippen molar-refractivity contribution in [3.8, 4) is 34.5 Å². The number of hydrogen-bond acceptors (Lipinski definition) is 20. The third-order valence-electron chi connectivity index (χ3n) is 8.92. The van der Waals surface area contributed by atoms with E-state index >= 15 is 0 Å². The lowest BCUT2D eigenvalue weighted by Crippen LogP contribution is -2.43. The molecule has 1 aliphatic heterocycles. The Morgan fingerprint density at radius 1 is 0.810 bits per heavy atom. The highest BCUT2D eigenvalue weighted by molar-refractivity contribution is 5.89. The minimum absolute atomic E-state index is 0.0207. The fraction of sp³-hybridized carbons (Fsp3) is 0.541. The van der Waals surface area contributed by atoms with Crippen LogP contribution in [0.4, 0.5) is 0 Å². The topological polar surface area (TPSA) is 309 Å². The zero-order valence-corrected chi connectivity index (χ0v) is 31.5. The van der Waals surface area contributed by atoms with Gasteiger partial charge < -0.3 is 84.5 Å². The van der Waals surface area contributed by atoms with Gasteiger partial charge in [0.25, 0.3) is 0 Å². The number of ether oxygens (including phenoxy) is 8. The number of esters is 1. The van der Waals surface area contributed by atoms with Crippen molar-refractivity contribution in [1.29, 1.82) is 0 Å². The van der Waals surface area contributed by atoms with E-state index in [9.17, 15) is 45.6 Å². The van der Waals surface area contributed by atoms with E-state index in [1.54, 1.807) is 6.20 Å². The first-order chi connectivity index (χ1) is 28.0. The van der Waals surface area contributed by atoms with Gasteiger partial charge in [-0.1, -0.05) is 5.21 Å². The van der Waals surface area contributed by atoms with Gasteiger partial charge in [-0.25, -0.2) is 9.48 Å². The van der Waals surface area contributed by atoms with Crippen LogP contribution in [0, 0.1) is 0 Å². The molecule has 0 bridgehead atoms. The number of nitrogens with two attached hydrogens (primary N) is 1. The van der Waals surface area contributed by atoms with Crippen LogP contribution in [0.2, 0.25) is 0 Å². The van der Waals surface area contributed by atoms with Gasteiger partial charge in [0.15, 0.2) is 29.5 Å². The van der Waals surface area contributed by atoms with Gasteiger partial charge in [-0.15, -0.1) is 5.10 Å². The average molecular weight is 823 g/mol. The molecule has 21 nitrogen and oxygen atoms in total. The minimum Gasteiger partial charge on any atom is -0.508 e. The van der Waals surface area contributed by atoms with Gasteiger partial charge in [0.05, 0.1) is 97.1 Å². The van der Waals surface area contributed by atoms with Gasteiger partial charge >= 0.3 is 5.97 Å². The Balaban J connectivity index is 1.19. The van der Waals surface area contributed by atoms with E-state index in [0.29, 0.717) is 78.2 Å². The first kappa shape index (κ1) is 44.3. The monoisotopic (exact) mass is 822 g/mol. The number of fused-ring (bicyclic) bond motifs is 1. The van der Waals surface area contributed by atoms with Crippen LogP contribution in [0.15, 0.2) is 42.1 Å². The standard InChI is InChI=1S/C37H50N4O17/c38-1-3-51-5-7-53-9-11-55-12-10-54-8-6-52-4-2-41-19-23(39-40-41)20-56-35-31-25(43)17-24(42)18-30(31)57-34(21-13-26(44)32(48)27(45)14-21)36(35)58-37(50)22-15-28(46)33(49)29(47)16-22/h13-15,17-19,28-29,33-36,42-49H,1-12,16,20,38H2. The third-order valence-corrected chi connectivity index (χ3v) is 8.92. The number of phenols is 5. The number of carbonyl (C=O) groups is 1. The highest BCUT2D eigenvalue weighted by Gasteiger charge is 2.46. The largest absolute Gasteiger partial charge is 0.508 e. The average Bonchev–Trinajstić information content (AvgIpc) is 3.65. The van der Waals surface area contributed by atoms with Crippen molar-refractivity contribution in [2.24, 2.45) is 5.73 Å². The molecular formula is C37H50N4O17. The maximum absolute atomic E-state index is 13.6. The lowest BCUT2D eigenvalue weighted by molar-refractivity contribution is -0.171. The quantitative estimate of drug-likeness (QED) is 0.0333. The van der Waals surface area contributed by atoms with E-state index in [2.05, 4.69) is 10.3 Å². The Kier molecular flexibility index (Phi) is 16.7. The molecule has 0 fully saturated rings. The number of aliphatic hydroxyl groups is 3.